The van der Waals surface area contributed by atoms with Crippen LogP contribution in [-0.2, 0) is 0 Å². The molecule has 3 nitrogen and oxygen atoms in total. The summed E-state index contributed by atoms with van der Waals surface area (Å²) in [6, 6.07) is 0.200. The minimum atomic E-state index is -0.195. The van der Waals surface area contributed by atoms with Gasteiger partial charge in [0.15, 0.2) is 0 Å². The number of hydrogen-bond donors (Lipinski definition) is 2. The normalized spacial score (nSPS) is 29.1. The van der Waals surface area contributed by atoms with Crippen molar-refractivity contribution in [3.05, 3.63) is 0 Å². The number of piperidine rings is 1. The van der Waals surface area contributed by atoms with Gasteiger partial charge in [0.2, 0.25) is 0 Å². The van der Waals surface area contributed by atoms with E-state index in [1.54, 1.807) is 0 Å². The minimum absolute atomic E-state index is 0.195. The van der Waals surface area contributed by atoms with Crippen molar-refractivity contribution in [2.24, 2.45) is 11.8 Å². The van der Waals surface area contributed by atoms with Gasteiger partial charge in [0, 0.05) is 19.1 Å². The van der Waals surface area contributed by atoms with Gasteiger partial charge in [-0.25, -0.2) is 0 Å². The Kier molecular flexibility index (Phi) is 8.74. The first-order valence-electron chi connectivity index (χ1n) is 8.55. The molecule has 1 saturated carbocycles. The van der Waals surface area contributed by atoms with Crippen molar-refractivity contribution in [3.8, 4) is 0 Å². The smallest absolute Gasteiger partial charge is 0.0587 e. The van der Waals surface area contributed by atoms with Crippen LogP contribution in [0.25, 0.3) is 0 Å². The predicted molar refractivity (Wildman–Crippen MR) is 84.8 cm³/mol. The van der Waals surface area contributed by atoms with Crippen molar-refractivity contribution < 1.29 is 10.2 Å². The maximum atomic E-state index is 9.60. The minimum Gasteiger partial charge on any atom is -0.395 e. The van der Waals surface area contributed by atoms with E-state index in [2.05, 4.69) is 25.7 Å². The summed E-state index contributed by atoms with van der Waals surface area (Å²) in [4.78, 5) is 2.41. The Balaban J connectivity index is 0.000000444. The molecule has 0 amide bonds. The van der Waals surface area contributed by atoms with Crippen LogP contribution in [0.15, 0.2) is 0 Å². The zero-order valence-corrected chi connectivity index (χ0v) is 13.7. The molecule has 1 heterocycles. The summed E-state index contributed by atoms with van der Waals surface area (Å²) in [6.07, 6.45) is 8.31. The van der Waals surface area contributed by atoms with Gasteiger partial charge in [0.25, 0.3) is 0 Å². The first-order valence-corrected chi connectivity index (χ1v) is 8.55. The molecule has 0 aromatic rings. The molecule has 0 radical (unpaired) electrons. The fraction of sp³-hybridized carbons (Fsp3) is 1.00. The molecule has 20 heavy (non-hydrogen) atoms. The lowest BCUT2D eigenvalue weighted by molar-refractivity contribution is 0.00682. The Bertz CT molecular complexity index is 236. The average molecular weight is 285 g/mol. The summed E-state index contributed by atoms with van der Waals surface area (Å²) < 4.78 is 0. The molecule has 1 saturated heterocycles. The van der Waals surface area contributed by atoms with Gasteiger partial charge in [-0.3, -0.25) is 4.90 Å². The Morgan fingerprint density at radius 1 is 1.05 bits per heavy atom. The van der Waals surface area contributed by atoms with Crippen LogP contribution in [-0.4, -0.2) is 47.0 Å². The standard InChI is InChI=1S/C13H25NO2.C4H10/c15-10-12-8-13(16)6-7-14(12)9-11-4-2-1-3-5-11;1-4(2)3/h11-13,15-16H,1-10H2;4H,1-3H3. The van der Waals surface area contributed by atoms with Crippen LogP contribution in [0.4, 0.5) is 0 Å². The molecule has 2 unspecified atom stereocenters. The molecular weight excluding hydrogens is 250 g/mol. The second kappa shape index (κ2) is 9.75. The van der Waals surface area contributed by atoms with Crippen molar-refractivity contribution in [1.29, 1.82) is 0 Å². The highest BCUT2D eigenvalue weighted by Gasteiger charge is 2.28. The molecule has 2 fully saturated rings. The lowest BCUT2D eigenvalue weighted by Gasteiger charge is -2.39. The van der Waals surface area contributed by atoms with E-state index in [1.807, 2.05) is 0 Å². The van der Waals surface area contributed by atoms with Crippen LogP contribution < -0.4 is 0 Å². The summed E-state index contributed by atoms with van der Waals surface area (Å²) in [7, 11) is 0. The van der Waals surface area contributed by atoms with E-state index in [-0.39, 0.29) is 18.8 Å². The second-order valence-electron chi connectivity index (χ2n) is 7.25. The molecular formula is C17H35NO2. The number of rotatable bonds is 3. The van der Waals surface area contributed by atoms with E-state index in [9.17, 15) is 10.2 Å². The topological polar surface area (TPSA) is 43.7 Å². The van der Waals surface area contributed by atoms with E-state index in [0.29, 0.717) is 0 Å². The Morgan fingerprint density at radius 2 is 1.65 bits per heavy atom. The maximum absolute atomic E-state index is 9.60. The monoisotopic (exact) mass is 285 g/mol. The molecule has 2 N–H and O–H groups in total. The summed E-state index contributed by atoms with van der Waals surface area (Å²) in [5.74, 6) is 1.66. The molecule has 3 heteroatoms. The summed E-state index contributed by atoms with van der Waals surface area (Å²) in [5.41, 5.74) is 0. The van der Waals surface area contributed by atoms with Gasteiger partial charge in [0.1, 0.15) is 0 Å². The molecule has 0 aromatic carbocycles. The maximum Gasteiger partial charge on any atom is 0.0587 e. The van der Waals surface area contributed by atoms with Gasteiger partial charge in [-0.05, 0) is 37.5 Å². The highest BCUT2D eigenvalue weighted by atomic mass is 16.3. The number of likely N-dealkylation sites (tertiary alicyclic amines) is 1. The van der Waals surface area contributed by atoms with Gasteiger partial charge in [-0.2, -0.15) is 0 Å². The Hall–Kier alpha value is -0.120. The fourth-order valence-corrected chi connectivity index (χ4v) is 3.21. The zero-order chi connectivity index (χ0) is 15.0. The van der Waals surface area contributed by atoms with Gasteiger partial charge in [0.05, 0.1) is 12.7 Å². The fourth-order valence-electron chi connectivity index (χ4n) is 3.21. The molecule has 2 aliphatic rings. The van der Waals surface area contributed by atoms with E-state index in [4.69, 9.17) is 0 Å². The van der Waals surface area contributed by atoms with Gasteiger partial charge < -0.3 is 10.2 Å². The number of hydrogen-bond acceptors (Lipinski definition) is 3. The average Bonchev–Trinajstić information content (AvgIpc) is 2.41. The molecule has 2 atom stereocenters. The van der Waals surface area contributed by atoms with Crippen LogP contribution in [0.3, 0.4) is 0 Å². The molecule has 1 aliphatic carbocycles. The van der Waals surface area contributed by atoms with Gasteiger partial charge in [-0.1, -0.05) is 40.0 Å². The SMILES string of the molecule is CC(C)C.OCC1CC(O)CCN1CC1CCCCC1. The van der Waals surface area contributed by atoms with Crippen molar-refractivity contribution in [3.63, 3.8) is 0 Å². The van der Waals surface area contributed by atoms with E-state index in [1.165, 1.54) is 32.1 Å². The quantitative estimate of drug-likeness (QED) is 0.837. The lowest BCUT2D eigenvalue weighted by atomic mass is 9.87. The Morgan fingerprint density at radius 3 is 2.20 bits per heavy atom. The highest BCUT2D eigenvalue weighted by molar-refractivity contribution is 4.83. The van der Waals surface area contributed by atoms with Crippen LogP contribution in [0.1, 0.15) is 65.7 Å². The zero-order valence-electron chi connectivity index (χ0n) is 13.7. The van der Waals surface area contributed by atoms with Crippen molar-refractivity contribution in [2.75, 3.05) is 19.7 Å². The van der Waals surface area contributed by atoms with Crippen molar-refractivity contribution in [2.45, 2.75) is 77.9 Å². The number of nitrogens with zero attached hydrogens (tertiary/aromatic N) is 1. The largest absolute Gasteiger partial charge is 0.395 e. The molecule has 120 valence electrons. The molecule has 2 rings (SSSR count). The number of aliphatic hydroxyl groups is 2. The predicted octanol–water partition coefficient (Wildman–Crippen LogP) is 3.05. The first-order chi connectivity index (χ1) is 9.52. The molecule has 0 spiro atoms. The van der Waals surface area contributed by atoms with E-state index >= 15 is 0 Å². The van der Waals surface area contributed by atoms with Gasteiger partial charge in [-0.15, -0.1) is 0 Å². The van der Waals surface area contributed by atoms with Crippen LogP contribution in [0.5, 0.6) is 0 Å². The van der Waals surface area contributed by atoms with Crippen molar-refractivity contribution >= 4 is 0 Å². The van der Waals surface area contributed by atoms with Crippen LogP contribution in [0.2, 0.25) is 0 Å². The van der Waals surface area contributed by atoms with Crippen LogP contribution >= 0.6 is 0 Å². The summed E-state index contributed by atoms with van der Waals surface area (Å²) in [5, 5.41) is 19.0. The van der Waals surface area contributed by atoms with E-state index in [0.717, 1.165) is 37.8 Å². The third kappa shape index (κ3) is 7.05. The third-order valence-electron chi connectivity index (χ3n) is 4.24. The second-order valence-corrected chi connectivity index (χ2v) is 7.25. The molecule has 0 aromatic heterocycles. The third-order valence-corrected chi connectivity index (χ3v) is 4.24. The summed E-state index contributed by atoms with van der Waals surface area (Å²) >= 11 is 0. The highest BCUT2D eigenvalue weighted by Crippen LogP contribution is 2.27. The lowest BCUT2D eigenvalue weighted by Crippen LogP contribution is -2.48. The van der Waals surface area contributed by atoms with Crippen LogP contribution in [0, 0.1) is 11.8 Å². The first kappa shape index (κ1) is 17.9. The molecule has 0 bridgehead atoms. The van der Waals surface area contributed by atoms with E-state index < -0.39 is 0 Å². The molecule has 1 aliphatic heterocycles. The summed E-state index contributed by atoms with van der Waals surface area (Å²) in [6.45, 7) is 8.80. The Labute approximate surface area is 125 Å². The van der Waals surface area contributed by atoms with Gasteiger partial charge >= 0.3 is 0 Å². The number of aliphatic hydroxyl groups excluding tert-OH is 2. The van der Waals surface area contributed by atoms with Crippen molar-refractivity contribution in [1.82, 2.24) is 4.90 Å².